The Kier molecular flexibility index (Phi) is 1.92. The molecular formula is C6H10N4O2. The normalized spacial score (nSPS) is 24.2. The minimum atomic E-state index is -0.149. The molecule has 0 spiro atoms. The van der Waals surface area contributed by atoms with Crippen molar-refractivity contribution in [1.29, 1.82) is 0 Å². The molecule has 12 heavy (non-hydrogen) atoms. The van der Waals surface area contributed by atoms with Crippen molar-refractivity contribution in [1.82, 2.24) is 15.5 Å². The number of morpholine rings is 1. The Morgan fingerprint density at radius 2 is 2.42 bits per heavy atom. The van der Waals surface area contributed by atoms with Gasteiger partial charge in [0.25, 0.3) is 0 Å². The number of hydrogen-bond acceptors (Lipinski definition) is 6. The minimum Gasteiger partial charge on any atom is -0.405 e. The van der Waals surface area contributed by atoms with Crippen LogP contribution in [0.4, 0.5) is 6.01 Å². The molecule has 1 unspecified atom stereocenters. The molecule has 1 saturated heterocycles. The fraction of sp³-hybridized carbons (Fsp3) is 0.667. The quantitative estimate of drug-likeness (QED) is 0.580. The first kappa shape index (κ1) is 7.51. The third-order valence-corrected chi connectivity index (χ3v) is 1.66. The summed E-state index contributed by atoms with van der Waals surface area (Å²) in [5.74, 6) is 0.444. The molecule has 0 saturated carbocycles. The van der Waals surface area contributed by atoms with E-state index in [1.54, 1.807) is 0 Å². The second-order valence-electron chi connectivity index (χ2n) is 2.54. The number of ether oxygens (including phenoxy) is 1. The van der Waals surface area contributed by atoms with Crippen molar-refractivity contribution in [3.63, 3.8) is 0 Å². The van der Waals surface area contributed by atoms with E-state index in [4.69, 9.17) is 14.9 Å². The third kappa shape index (κ3) is 1.39. The molecule has 6 nitrogen and oxygen atoms in total. The second-order valence-corrected chi connectivity index (χ2v) is 2.54. The van der Waals surface area contributed by atoms with Crippen molar-refractivity contribution in [3.8, 4) is 0 Å². The lowest BCUT2D eigenvalue weighted by atomic mass is 10.3. The lowest BCUT2D eigenvalue weighted by Crippen LogP contribution is -2.33. The Morgan fingerprint density at radius 3 is 3.00 bits per heavy atom. The first-order chi connectivity index (χ1) is 5.86. The summed E-state index contributed by atoms with van der Waals surface area (Å²) in [6.45, 7) is 2.22. The van der Waals surface area contributed by atoms with Crippen molar-refractivity contribution >= 4 is 6.01 Å². The number of aromatic nitrogens is 2. The van der Waals surface area contributed by atoms with Gasteiger partial charge in [-0.3, -0.25) is 0 Å². The number of hydrogen-bond donors (Lipinski definition) is 2. The average Bonchev–Trinajstić information content (AvgIpc) is 2.54. The summed E-state index contributed by atoms with van der Waals surface area (Å²) in [5.41, 5.74) is 5.27. The van der Waals surface area contributed by atoms with Crippen LogP contribution in [0.1, 0.15) is 12.0 Å². The van der Waals surface area contributed by atoms with Crippen LogP contribution >= 0.6 is 0 Å². The van der Waals surface area contributed by atoms with Gasteiger partial charge in [-0.15, -0.1) is 5.10 Å². The van der Waals surface area contributed by atoms with Gasteiger partial charge >= 0.3 is 6.01 Å². The molecular weight excluding hydrogens is 160 g/mol. The number of rotatable bonds is 1. The maximum atomic E-state index is 5.36. The van der Waals surface area contributed by atoms with E-state index >= 15 is 0 Å². The van der Waals surface area contributed by atoms with Gasteiger partial charge < -0.3 is 20.2 Å². The van der Waals surface area contributed by atoms with Crippen LogP contribution in [0.15, 0.2) is 4.42 Å². The Bertz CT molecular complexity index is 256. The Labute approximate surface area is 69.1 Å². The van der Waals surface area contributed by atoms with Gasteiger partial charge in [-0.25, -0.2) is 0 Å². The summed E-state index contributed by atoms with van der Waals surface area (Å²) >= 11 is 0. The molecule has 1 aliphatic heterocycles. The van der Waals surface area contributed by atoms with Gasteiger partial charge in [-0.05, 0) is 0 Å². The largest absolute Gasteiger partial charge is 0.405 e. The highest BCUT2D eigenvalue weighted by Gasteiger charge is 2.20. The van der Waals surface area contributed by atoms with Crippen LogP contribution in [0.5, 0.6) is 0 Å². The van der Waals surface area contributed by atoms with Crippen LogP contribution in [0, 0.1) is 0 Å². The minimum absolute atomic E-state index is 0.0826. The number of anilines is 1. The molecule has 1 aromatic rings. The summed E-state index contributed by atoms with van der Waals surface area (Å²) in [6, 6.07) is 0.0826. The molecule has 2 heterocycles. The molecule has 2 rings (SSSR count). The highest BCUT2D eigenvalue weighted by molar-refractivity contribution is 5.06. The lowest BCUT2D eigenvalue weighted by molar-refractivity contribution is 0.0112. The highest BCUT2D eigenvalue weighted by atomic mass is 16.5. The van der Waals surface area contributed by atoms with Crippen LogP contribution in [-0.4, -0.2) is 29.9 Å². The van der Waals surface area contributed by atoms with Crippen LogP contribution < -0.4 is 11.1 Å². The average molecular weight is 170 g/mol. The van der Waals surface area contributed by atoms with Crippen molar-refractivity contribution in [2.45, 2.75) is 6.10 Å². The van der Waals surface area contributed by atoms with E-state index in [1.165, 1.54) is 0 Å². The van der Waals surface area contributed by atoms with Gasteiger partial charge in [-0.1, -0.05) is 5.10 Å². The molecule has 3 N–H and O–H groups in total. The van der Waals surface area contributed by atoms with E-state index in [2.05, 4.69) is 15.5 Å². The van der Waals surface area contributed by atoms with Gasteiger partial charge in [0.1, 0.15) is 6.10 Å². The monoisotopic (exact) mass is 170 g/mol. The van der Waals surface area contributed by atoms with Crippen LogP contribution in [0.2, 0.25) is 0 Å². The predicted molar refractivity (Wildman–Crippen MR) is 40.3 cm³/mol. The van der Waals surface area contributed by atoms with E-state index < -0.39 is 0 Å². The first-order valence-corrected chi connectivity index (χ1v) is 3.77. The SMILES string of the molecule is Nc1nnc(C2CNCCO2)o1. The maximum Gasteiger partial charge on any atom is 0.312 e. The van der Waals surface area contributed by atoms with Crippen LogP contribution in [0.3, 0.4) is 0 Å². The van der Waals surface area contributed by atoms with Crippen molar-refractivity contribution in [2.24, 2.45) is 0 Å². The predicted octanol–water partition coefficient (Wildman–Crippen LogP) is -0.687. The molecule has 6 heteroatoms. The fourth-order valence-electron chi connectivity index (χ4n) is 1.10. The van der Waals surface area contributed by atoms with Gasteiger partial charge in [0, 0.05) is 13.1 Å². The molecule has 1 atom stereocenters. The molecule has 0 aromatic carbocycles. The topological polar surface area (TPSA) is 86.2 Å². The molecule has 0 amide bonds. The summed E-state index contributed by atoms with van der Waals surface area (Å²) in [4.78, 5) is 0. The van der Waals surface area contributed by atoms with Crippen LogP contribution in [0.25, 0.3) is 0 Å². The van der Waals surface area contributed by atoms with Crippen molar-refractivity contribution in [3.05, 3.63) is 5.89 Å². The molecule has 66 valence electrons. The summed E-state index contributed by atoms with van der Waals surface area (Å²) in [6.07, 6.45) is -0.149. The van der Waals surface area contributed by atoms with E-state index in [0.29, 0.717) is 19.0 Å². The van der Waals surface area contributed by atoms with Gasteiger partial charge in [-0.2, -0.15) is 0 Å². The fourth-order valence-corrected chi connectivity index (χ4v) is 1.10. The smallest absolute Gasteiger partial charge is 0.312 e. The zero-order valence-corrected chi connectivity index (χ0v) is 6.49. The van der Waals surface area contributed by atoms with Gasteiger partial charge in [0.15, 0.2) is 0 Å². The maximum absolute atomic E-state index is 5.36. The number of nitrogens with one attached hydrogen (secondary N) is 1. The first-order valence-electron chi connectivity index (χ1n) is 3.77. The summed E-state index contributed by atoms with van der Waals surface area (Å²) in [7, 11) is 0. The number of nitrogens with two attached hydrogens (primary N) is 1. The van der Waals surface area contributed by atoms with E-state index in [1.807, 2.05) is 0 Å². The Hall–Kier alpha value is -1.14. The standard InChI is InChI=1S/C6H10N4O2/c7-6-10-9-5(12-6)4-3-8-1-2-11-4/h4,8H,1-3H2,(H2,7,10). The van der Waals surface area contributed by atoms with Gasteiger partial charge in [0.2, 0.25) is 5.89 Å². The number of nitrogens with zero attached hydrogens (tertiary/aromatic N) is 2. The van der Waals surface area contributed by atoms with Crippen molar-refractivity contribution in [2.75, 3.05) is 25.4 Å². The summed E-state index contributed by atoms with van der Waals surface area (Å²) < 4.78 is 10.4. The van der Waals surface area contributed by atoms with E-state index in [-0.39, 0.29) is 12.1 Å². The van der Waals surface area contributed by atoms with E-state index in [0.717, 1.165) is 6.54 Å². The molecule has 0 radical (unpaired) electrons. The van der Waals surface area contributed by atoms with Gasteiger partial charge in [0.05, 0.1) is 6.61 Å². The van der Waals surface area contributed by atoms with Crippen LogP contribution in [-0.2, 0) is 4.74 Å². The van der Waals surface area contributed by atoms with E-state index in [9.17, 15) is 0 Å². The highest BCUT2D eigenvalue weighted by Crippen LogP contribution is 2.17. The summed E-state index contributed by atoms with van der Waals surface area (Å²) in [5, 5.41) is 10.4. The Balaban J connectivity index is 2.08. The Morgan fingerprint density at radius 1 is 1.50 bits per heavy atom. The molecule has 1 aliphatic rings. The van der Waals surface area contributed by atoms with Crippen molar-refractivity contribution < 1.29 is 9.15 Å². The molecule has 1 aromatic heterocycles. The third-order valence-electron chi connectivity index (χ3n) is 1.66. The zero-order valence-electron chi connectivity index (χ0n) is 6.49. The lowest BCUT2D eigenvalue weighted by Gasteiger charge is -2.19. The second kappa shape index (κ2) is 3.08. The molecule has 0 bridgehead atoms. The molecule has 0 aliphatic carbocycles. The molecule has 1 fully saturated rings. The zero-order chi connectivity index (χ0) is 8.39. The number of nitrogen functional groups attached to an aromatic ring is 1.